The van der Waals surface area contributed by atoms with Crippen LogP contribution in [0, 0.1) is 20.8 Å². The largest absolute Gasteiger partial charge is 0.471 e. The van der Waals surface area contributed by atoms with E-state index < -0.39 is 12.1 Å². The molecule has 0 aromatic heterocycles. The topological polar surface area (TPSA) is 20.3 Å². The summed E-state index contributed by atoms with van der Waals surface area (Å²) in [5.41, 5.74) is 3.79. The van der Waals surface area contributed by atoms with Crippen molar-refractivity contribution in [3.63, 3.8) is 0 Å². The van der Waals surface area contributed by atoms with Crippen LogP contribution in [0.3, 0.4) is 0 Å². The average Bonchev–Trinajstić information content (AvgIpc) is 2.27. The summed E-state index contributed by atoms with van der Waals surface area (Å²) in [6, 6.07) is 3.61. The average molecular weight is 259 g/mol. The Balaban J connectivity index is 2.93. The number of carbonyl (C=O) groups excluding carboxylic acids is 1. The maximum Gasteiger partial charge on any atom is 0.471 e. The summed E-state index contributed by atoms with van der Waals surface area (Å²) in [5.74, 6) is -1.82. The fourth-order valence-electron chi connectivity index (χ4n) is 1.73. The number of nitrogens with zero attached hydrogens (tertiary/aromatic N) is 1. The van der Waals surface area contributed by atoms with Crippen LogP contribution in [0.5, 0.6) is 0 Å². The van der Waals surface area contributed by atoms with E-state index in [1.807, 2.05) is 26.8 Å². The Hall–Kier alpha value is -1.52. The molecule has 0 aliphatic heterocycles. The highest BCUT2D eigenvalue weighted by molar-refractivity contribution is 5.81. The van der Waals surface area contributed by atoms with Crippen molar-refractivity contribution in [2.24, 2.45) is 0 Å². The van der Waals surface area contributed by atoms with Gasteiger partial charge in [0.1, 0.15) is 0 Å². The Bertz CT molecular complexity index is 466. The number of hydrogen-bond acceptors (Lipinski definition) is 1. The van der Waals surface area contributed by atoms with Gasteiger partial charge >= 0.3 is 12.1 Å². The molecular formula is C13H16F3NO. The minimum absolute atomic E-state index is 0.0364. The Morgan fingerprint density at radius 2 is 1.72 bits per heavy atom. The number of alkyl halides is 3. The Labute approximate surface area is 104 Å². The minimum atomic E-state index is -4.82. The summed E-state index contributed by atoms with van der Waals surface area (Å²) in [6.07, 6.45) is -4.82. The monoisotopic (exact) mass is 259 g/mol. The zero-order valence-corrected chi connectivity index (χ0v) is 10.9. The van der Waals surface area contributed by atoms with Gasteiger partial charge in [-0.3, -0.25) is 4.79 Å². The summed E-state index contributed by atoms with van der Waals surface area (Å²) in [4.78, 5) is 11.7. The van der Waals surface area contributed by atoms with E-state index in [1.54, 1.807) is 6.07 Å². The van der Waals surface area contributed by atoms with Gasteiger partial charge in [-0.1, -0.05) is 12.1 Å². The standard InChI is InChI=1S/C13H16F3NO/c1-8-5-6-11(10(3)9(8)2)7-17(4)12(18)13(14,15)16/h5-6H,7H2,1-4H3. The van der Waals surface area contributed by atoms with Crippen LogP contribution in [0.15, 0.2) is 12.1 Å². The van der Waals surface area contributed by atoms with Gasteiger partial charge in [0.05, 0.1) is 0 Å². The number of amides is 1. The van der Waals surface area contributed by atoms with Gasteiger partial charge in [0, 0.05) is 13.6 Å². The molecule has 0 saturated carbocycles. The van der Waals surface area contributed by atoms with Gasteiger partial charge in [0.15, 0.2) is 0 Å². The Morgan fingerprint density at radius 1 is 1.17 bits per heavy atom. The summed E-state index contributed by atoms with van der Waals surface area (Å²) < 4.78 is 36.8. The van der Waals surface area contributed by atoms with E-state index in [0.29, 0.717) is 4.90 Å². The molecule has 0 saturated heterocycles. The lowest BCUT2D eigenvalue weighted by Crippen LogP contribution is -2.38. The van der Waals surface area contributed by atoms with Crippen molar-refractivity contribution in [1.29, 1.82) is 0 Å². The lowest BCUT2D eigenvalue weighted by atomic mass is 9.98. The summed E-state index contributed by atoms with van der Waals surface area (Å²) in [7, 11) is 1.16. The molecule has 0 aliphatic rings. The fourth-order valence-corrected chi connectivity index (χ4v) is 1.73. The molecule has 0 radical (unpaired) electrons. The van der Waals surface area contributed by atoms with Gasteiger partial charge < -0.3 is 4.90 Å². The van der Waals surface area contributed by atoms with E-state index in [0.717, 1.165) is 29.3 Å². The third kappa shape index (κ3) is 3.03. The molecule has 1 aromatic rings. The van der Waals surface area contributed by atoms with Gasteiger partial charge in [-0.05, 0) is 43.0 Å². The normalized spacial score (nSPS) is 11.5. The van der Waals surface area contributed by atoms with Gasteiger partial charge in [-0.25, -0.2) is 0 Å². The number of halogens is 3. The second kappa shape index (κ2) is 5.00. The highest BCUT2D eigenvalue weighted by atomic mass is 19.4. The maximum absolute atomic E-state index is 12.3. The summed E-state index contributed by atoms with van der Waals surface area (Å²) >= 11 is 0. The number of aryl methyl sites for hydroxylation is 1. The van der Waals surface area contributed by atoms with E-state index in [-0.39, 0.29) is 6.54 Å². The van der Waals surface area contributed by atoms with Crippen LogP contribution in [0.4, 0.5) is 13.2 Å². The first-order valence-electron chi connectivity index (χ1n) is 5.52. The van der Waals surface area contributed by atoms with Crippen molar-refractivity contribution in [2.75, 3.05) is 7.05 Å². The molecule has 0 aliphatic carbocycles. The fraction of sp³-hybridized carbons (Fsp3) is 0.462. The number of hydrogen-bond donors (Lipinski definition) is 0. The first-order valence-corrected chi connectivity index (χ1v) is 5.52. The Morgan fingerprint density at radius 3 is 2.22 bits per heavy atom. The smallest absolute Gasteiger partial charge is 0.334 e. The molecule has 0 heterocycles. The minimum Gasteiger partial charge on any atom is -0.334 e. The Kier molecular flexibility index (Phi) is 4.04. The molecule has 0 atom stereocenters. The van der Waals surface area contributed by atoms with Crippen molar-refractivity contribution in [1.82, 2.24) is 4.90 Å². The van der Waals surface area contributed by atoms with Crippen LogP contribution in [0.1, 0.15) is 22.3 Å². The third-order valence-electron chi connectivity index (χ3n) is 3.17. The molecule has 0 bridgehead atoms. The van der Waals surface area contributed by atoms with Crippen LogP contribution >= 0.6 is 0 Å². The summed E-state index contributed by atoms with van der Waals surface area (Å²) in [5, 5.41) is 0. The molecule has 1 aromatic carbocycles. The van der Waals surface area contributed by atoms with Gasteiger partial charge in [0.25, 0.3) is 0 Å². The van der Waals surface area contributed by atoms with Crippen molar-refractivity contribution in [2.45, 2.75) is 33.5 Å². The van der Waals surface area contributed by atoms with E-state index >= 15 is 0 Å². The second-order valence-electron chi connectivity index (χ2n) is 4.45. The highest BCUT2D eigenvalue weighted by Gasteiger charge is 2.41. The molecule has 100 valence electrons. The molecule has 2 nitrogen and oxygen atoms in total. The van der Waals surface area contributed by atoms with E-state index in [1.165, 1.54) is 0 Å². The molecule has 1 amide bonds. The van der Waals surface area contributed by atoms with E-state index in [4.69, 9.17) is 0 Å². The van der Waals surface area contributed by atoms with Crippen molar-refractivity contribution in [3.8, 4) is 0 Å². The molecule has 5 heteroatoms. The first kappa shape index (κ1) is 14.5. The van der Waals surface area contributed by atoms with Crippen LogP contribution < -0.4 is 0 Å². The number of rotatable bonds is 2. The zero-order valence-electron chi connectivity index (χ0n) is 10.9. The SMILES string of the molecule is Cc1ccc(CN(C)C(=O)C(F)(F)F)c(C)c1C. The van der Waals surface area contributed by atoms with Gasteiger partial charge in [0.2, 0.25) is 0 Å². The molecule has 0 fully saturated rings. The maximum atomic E-state index is 12.3. The van der Waals surface area contributed by atoms with Gasteiger partial charge in [-0.2, -0.15) is 13.2 Å². The lowest BCUT2D eigenvalue weighted by Gasteiger charge is -2.20. The predicted octanol–water partition coefficient (Wildman–Crippen LogP) is 3.13. The van der Waals surface area contributed by atoms with Gasteiger partial charge in [-0.15, -0.1) is 0 Å². The first-order chi connectivity index (χ1) is 8.14. The predicted molar refractivity (Wildman–Crippen MR) is 63.2 cm³/mol. The highest BCUT2D eigenvalue weighted by Crippen LogP contribution is 2.22. The summed E-state index contributed by atoms with van der Waals surface area (Å²) in [6.45, 7) is 5.67. The third-order valence-corrected chi connectivity index (χ3v) is 3.17. The zero-order chi connectivity index (χ0) is 14.1. The quantitative estimate of drug-likeness (QED) is 0.799. The number of benzene rings is 1. The van der Waals surface area contributed by atoms with Crippen LogP contribution in [0.2, 0.25) is 0 Å². The van der Waals surface area contributed by atoms with Crippen molar-refractivity contribution < 1.29 is 18.0 Å². The van der Waals surface area contributed by atoms with Crippen LogP contribution in [-0.2, 0) is 11.3 Å². The molecule has 0 unspecified atom stereocenters. The lowest BCUT2D eigenvalue weighted by molar-refractivity contribution is -0.184. The second-order valence-corrected chi connectivity index (χ2v) is 4.45. The molecule has 0 N–H and O–H groups in total. The van der Waals surface area contributed by atoms with E-state index in [9.17, 15) is 18.0 Å². The van der Waals surface area contributed by atoms with E-state index in [2.05, 4.69) is 0 Å². The van der Waals surface area contributed by atoms with Crippen molar-refractivity contribution in [3.05, 3.63) is 34.4 Å². The van der Waals surface area contributed by atoms with Crippen LogP contribution in [-0.4, -0.2) is 24.0 Å². The van der Waals surface area contributed by atoms with Crippen molar-refractivity contribution >= 4 is 5.91 Å². The molecular weight excluding hydrogens is 243 g/mol. The molecule has 0 spiro atoms. The van der Waals surface area contributed by atoms with Crippen LogP contribution in [0.25, 0.3) is 0 Å². The molecule has 1 rings (SSSR count). The molecule has 18 heavy (non-hydrogen) atoms. The number of carbonyl (C=O) groups is 1.